The van der Waals surface area contributed by atoms with Gasteiger partial charge in [0.1, 0.15) is 5.60 Å². The maximum atomic E-state index is 10.9. The van der Waals surface area contributed by atoms with Crippen LogP contribution < -0.4 is 5.73 Å². The third-order valence-corrected chi connectivity index (χ3v) is 1.05. The first-order valence-electron chi connectivity index (χ1n) is 3.22. The van der Waals surface area contributed by atoms with Crippen molar-refractivity contribution in [1.29, 1.82) is 0 Å². The van der Waals surface area contributed by atoms with Gasteiger partial charge in [-0.1, -0.05) is 0 Å². The Hall–Kier alpha value is -0.970. The van der Waals surface area contributed by atoms with Crippen LogP contribution in [0.25, 0.3) is 0 Å². The Kier molecular flexibility index (Phi) is 3.33. The molecule has 0 rings (SSSR count). The number of carbonyl (C=O) groups excluding carboxylic acids is 2. The fourth-order valence-electron chi connectivity index (χ4n) is 0.392. The van der Waals surface area contributed by atoms with Gasteiger partial charge in [-0.25, -0.2) is 9.59 Å². The van der Waals surface area contributed by atoms with Crippen LogP contribution in [0, 0.1) is 0 Å². The lowest BCUT2D eigenvalue weighted by molar-refractivity contribution is 0.0439. The number of ether oxygens (including phenoxy) is 1. The lowest BCUT2D eigenvalue weighted by Gasteiger charge is -2.20. The number of rotatable bonds is 0. The first-order valence-corrected chi connectivity index (χ1v) is 3.56. The Morgan fingerprint density at radius 2 is 1.83 bits per heavy atom. The first-order chi connectivity index (χ1) is 5.24. The third kappa shape index (κ3) is 4.02. The van der Waals surface area contributed by atoms with Gasteiger partial charge >= 0.3 is 12.1 Å². The first kappa shape index (κ1) is 11.0. The van der Waals surface area contributed by atoms with Crippen molar-refractivity contribution in [1.82, 2.24) is 4.42 Å². The molecule has 3 amide bonds. The predicted molar refractivity (Wildman–Crippen MR) is 43.5 cm³/mol. The Morgan fingerprint density at radius 1 is 1.42 bits per heavy atom. The fourth-order valence-corrected chi connectivity index (χ4v) is 0.426. The summed E-state index contributed by atoms with van der Waals surface area (Å²) in [5.74, 6) is 0. The monoisotopic (exact) mass is 194 g/mol. The third-order valence-electron chi connectivity index (χ3n) is 0.747. The van der Waals surface area contributed by atoms with Crippen molar-refractivity contribution in [2.45, 2.75) is 26.4 Å². The van der Waals surface area contributed by atoms with Gasteiger partial charge in [-0.3, -0.25) is 0 Å². The molecule has 0 aromatic carbocycles. The summed E-state index contributed by atoms with van der Waals surface area (Å²) in [6.07, 6.45) is -0.975. The second kappa shape index (κ2) is 3.62. The van der Waals surface area contributed by atoms with Crippen LogP contribution >= 0.6 is 11.8 Å². The summed E-state index contributed by atoms with van der Waals surface area (Å²) in [4.78, 5) is 21.2. The van der Waals surface area contributed by atoms with E-state index in [2.05, 4.69) is 0 Å². The van der Waals surface area contributed by atoms with Gasteiger partial charge in [0.25, 0.3) is 0 Å². The molecule has 0 aliphatic heterocycles. The molecule has 0 fully saturated rings. The Morgan fingerprint density at radius 3 is 2.08 bits per heavy atom. The van der Waals surface area contributed by atoms with Crippen LogP contribution in [0.5, 0.6) is 0 Å². The van der Waals surface area contributed by atoms with Gasteiger partial charge in [0, 0.05) is 11.8 Å². The van der Waals surface area contributed by atoms with E-state index in [1.165, 1.54) is 0 Å². The highest BCUT2D eigenvalue weighted by molar-refractivity contribution is 6.28. The van der Waals surface area contributed by atoms with E-state index in [1.54, 1.807) is 20.8 Å². The molecule has 0 unspecified atom stereocenters. The van der Waals surface area contributed by atoms with Crippen molar-refractivity contribution in [3.63, 3.8) is 0 Å². The highest BCUT2D eigenvalue weighted by Crippen LogP contribution is 2.10. The number of hydrogen-bond acceptors (Lipinski definition) is 3. The molecule has 2 N–H and O–H groups in total. The molecule has 0 spiro atoms. The molecule has 0 radical (unpaired) electrons. The largest absolute Gasteiger partial charge is 0.442 e. The number of nitrogens with two attached hydrogens (primary N) is 1. The van der Waals surface area contributed by atoms with Crippen LogP contribution in [-0.4, -0.2) is 22.1 Å². The lowest BCUT2D eigenvalue weighted by Crippen LogP contribution is -2.37. The minimum absolute atomic E-state index is 0.186. The summed E-state index contributed by atoms with van der Waals surface area (Å²) >= 11 is 5.16. The van der Waals surface area contributed by atoms with Crippen molar-refractivity contribution in [3.8, 4) is 0 Å². The molecule has 0 bridgehead atoms. The SMILES string of the molecule is CC(C)(C)OC(=O)N(Cl)C(N)=O. The van der Waals surface area contributed by atoms with Crippen LogP contribution in [0.3, 0.4) is 0 Å². The summed E-state index contributed by atoms with van der Waals surface area (Å²) in [6.45, 7) is 4.95. The summed E-state index contributed by atoms with van der Waals surface area (Å²) in [6, 6.07) is -1.06. The van der Waals surface area contributed by atoms with Gasteiger partial charge in [0.2, 0.25) is 0 Å². The van der Waals surface area contributed by atoms with E-state index >= 15 is 0 Å². The number of imide groups is 1. The Balaban J connectivity index is 4.15. The zero-order valence-corrected chi connectivity index (χ0v) is 7.88. The molecule has 0 aliphatic rings. The second-order valence-electron chi connectivity index (χ2n) is 3.10. The molecule has 0 saturated carbocycles. The molecule has 0 heterocycles. The van der Waals surface area contributed by atoms with Crippen molar-refractivity contribution in [2.75, 3.05) is 0 Å². The molecule has 5 nitrogen and oxygen atoms in total. The Labute approximate surface area is 75.5 Å². The van der Waals surface area contributed by atoms with E-state index < -0.39 is 17.7 Å². The molecule has 0 atom stereocenters. The number of amides is 3. The maximum absolute atomic E-state index is 10.9. The smallest absolute Gasteiger partial charge is 0.433 e. The number of primary amides is 1. The van der Waals surface area contributed by atoms with E-state index in [9.17, 15) is 9.59 Å². The van der Waals surface area contributed by atoms with Gasteiger partial charge in [0.15, 0.2) is 0 Å². The number of hydrogen-bond donors (Lipinski definition) is 1. The molecule has 0 aliphatic carbocycles. The molecule has 70 valence electrons. The van der Waals surface area contributed by atoms with Gasteiger partial charge in [-0.05, 0) is 20.8 Å². The summed E-state index contributed by atoms with van der Waals surface area (Å²) in [5, 5.41) is 0. The van der Waals surface area contributed by atoms with Gasteiger partial charge in [0.05, 0.1) is 0 Å². The lowest BCUT2D eigenvalue weighted by atomic mass is 10.2. The van der Waals surface area contributed by atoms with Crippen LogP contribution in [-0.2, 0) is 4.74 Å². The van der Waals surface area contributed by atoms with Gasteiger partial charge in [-0.15, -0.1) is 4.42 Å². The van der Waals surface area contributed by atoms with Crippen LogP contribution in [0.2, 0.25) is 0 Å². The van der Waals surface area contributed by atoms with Crippen LogP contribution in [0.15, 0.2) is 0 Å². The molecular weight excluding hydrogens is 184 g/mol. The van der Waals surface area contributed by atoms with Gasteiger partial charge < -0.3 is 10.5 Å². The maximum Gasteiger partial charge on any atom is 0.433 e. The number of nitrogens with zero attached hydrogens (tertiary/aromatic N) is 1. The fraction of sp³-hybridized carbons (Fsp3) is 0.667. The van der Waals surface area contributed by atoms with E-state index in [-0.39, 0.29) is 4.42 Å². The minimum Gasteiger partial charge on any atom is -0.442 e. The highest BCUT2D eigenvalue weighted by Gasteiger charge is 2.23. The average molecular weight is 195 g/mol. The predicted octanol–water partition coefficient (Wildman–Crippen LogP) is 1.46. The van der Waals surface area contributed by atoms with Crippen LogP contribution in [0.4, 0.5) is 9.59 Å². The standard InChI is InChI=1S/C6H11ClN2O3/c1-6(2,3)12-5(11)9(7)4(8)10/h1-3H3,(H2,8,10). The number of carbonyl (C=O) groups is 2. The van der Waals surface area contributed by atoms with E-state index in [1.807, 2.05) is 0 Å². The van der Waals surface area contributed by atoms with E-state index in [0.29, 0.717) is 0 Å². The van der Waals surface area contributed by atoms with Crippen molar-refractivity contribution in [2.24, 2.45) is 5.73 Å². The number of halogens is 1. The van der Waals surface area contributed by atoms with Crippen molar-refractivity contribution >= 4 is 23.9 Å². The van der Waals surface area contributed by atoms with Crippen molar-refractivity contribution < 1.29 is 14.3 Å². The molecule has 12 heavy (non-hydrogen) atoms. The number of urea groups is 1. The molecule has 0 aromatic rings. The average Bonchev–Trinajstić information content (AvgIpc) is 1.82. The minimum atomic E-state index is -1.06. The topological polar surface area (TPSA) is 72.6 Å². The van der Waals surface area contributed by atoms with Gasteiger partial charge in [-0.2, -0.15) is 0 Å². The zero-order chi connectivity index (χ0) is 9.94. The molecule has 0 aromatic heterocycles. The molecule has 6 heteroatoms. The second-order valence-corrected chi connectivity index (χ2v) is 3.44. The summed E-state index contributed by atoms with van der Waals surface area (Å²) in [7, 11) is 0. The zero-order valence-electron chi connectivity index (χ0n) is 7.13. The summed E-state index contributed by atoms with van der Waals surface area (Å²) < 4.78 is 4.90. The normalized spacial score (nSPS) is 10.7. The Bertz CT molecular complexity index is 199. The molecule has 0 saturated heterocycles. The van der Waals surface area contributed by atoms with E-state index in [0.717, 1.165) is 0 Å². The highest BCUT2D eigenvalue weighted by atomic mass is 35.5. The van der Waals surface area contributed by atoms with E-state index in [4.69, 9.17) is 22.2 Å². The quantitative estimate of drug-likeness (QED) is 0.594. The van der Waals surface area contributed by atoms with Crippen molar-refractivity contribution in [3.05, 3.63) is 0 Å². The van der Waals surface area contributed by atoms with Crippen LogP contribution in [0.1, 0.15) is 20.8 Å². The molecular formula is C6H11ClN2O3. The summed E-state index contributed by atoms with van der Waals surface area (Å²) in [5.41, 5.74) is 4.02.